The second kappa shape index (κ2) is 11.2. The van der Waals surface area contributed by atoms with E-state index in [0.29, 0.717) is 0 Å². The molecule has 2 fully saturated rings. The van der Waals surface area contributed by atoms with Crippen LogP contribution in [0.1, 0.15) is 71.4 Å². The Kier molecular flexibility index (Phi) is 8.62. The number of hydrogen-bond donors (Lipinski definition) is 4. The van der Waals surface area contributed by atoms with Crippen molar-refractivity contribution >= 4 is 17.7 Å². The van der Waals surface area contributed by atoms with Crippen LogP contribution in [0.25, 0.3) is 0 Å². The first kappa shape index (κ1) is 33.0. The molecule has 0 aromatic heterocycles. The molecule has 2 saturated carbocycles. The number of rotatable bonds is 7. The Labute approximate surface area is 252 Å². The molecule has 8 atom stereocenters. The van der Waals surface area contributed by atoms with E-state index in [4.69, 9.17) is 4.74 Å². The number of aliphatic carboxylic acids is 1. The van der Waals surface area contributed by atoms with Gasteiger partial charge in [0.1, 0.15) is 17.3 Å². The van der Waals surface area contributed by atoms with Gasteiger partial charge < -0.3 is 40.0 Å². The second-order valence-electron chi connectivity index (χ2n) is 13.6. The highest BCUT2D eigenvalue weighted by Crippen LogP contribution is 2.63. The zero-order valence-corrected chi connectivity index (χ0v) is 25.8. The van der Waals surface area contributed by atoms with Gasteiger partial charge in [0.05, 0.1) is 18.6 Å². The lowest BCUT2D eigenvalue weighted by Gasteiger charge is -2.63. The summed E-state index contributed by atoms with van der Waals surface area (Å²) in [6.07, 6.45) is -5.67. The van der Waals surface area contributed by atoms with Gasteiger partial charge in [0, 0.05) is 41.6 Å². The molecule has 1 unspecified atom stereocenters. The molecule has 10 heteroatoms. The monoisotopic (exact) mass is 598 g/mol. The number of esters is 1. The van der Waals surface area contributed by atoms with Crippen LogP contribution >= 0.6 is 0 Å². The predicted octanol–water partition coefficient (Wildman–Crippen LogP) is 1.22. The number of aliphatic hydroxyl groups is 4. The van der Waals surface area contributed by atoms with Crippen LogP contribution in [0, 0.1) is 16.7 Å². The van der Waals surface area contributed by atoms with Crippen molar-refractivity contribution < 1.29 is 44.7 Å². The quantitative estimate of drug-likeness (QED) is 0.265. The molecular weight excluding hydrogens is 554 g/mol. The number of ketones is 1. The highest BCUT2D eigenvalue weighted by atomic mass is 16.5. The number of ether oxygens (including phenoxy) is 1. The van der Waals surface area contributed by atoms with Crippen molar-refractivity contribution in [1.82, 2.24) is 4.90 Å². The van der Waals surface area contributed by atoms with Crippen LogP contribution in [-0.4, -0.2) is 86.7 Å². The predicted molar refractivity (Wildman–Crippen MR) is 155 cm³/mol. The normalized spacial score (nSPS) is 36.4. The number of carbonyl (C=O) groups excluding carboxylic acids is 3. The summed E-state index contributed by atoms with van der Waals surface area (Å²) in [5.41, 5.74) is -6.66. The fourth-order valence-electron chi connectivity index (χ4n) is 8.18. The molecule has 3 aliphatic rings. The molecular formula is C33H44NO9-. The van der Waals surface area contributed by atoms with Crippen LogP contribution in [0.2, 0.25) is 0 Å². The summed E-state index contributed by atoms with van der Waals surface area (Å²) in [6, 6.07) is 9.22. The molecule has 236 valence electrons. The van der Waals surface area contributed by atoms with Crippen LogP contribution in [0.3, 0.4) is 0 Å². The Hall–Kier alpha value is -2.89. The van der Waals surface area contributed by atoms with Gasteiger partial charge >= 0.3 is 5.97 Å². The number of carbonyl (C=O) groups is 3. The molecule has 1 aromatic rings. The molecule has 0 heterocycles. The fourth-order valence-corrected chi connectivity index (χ4v) is 8.18. The average molecular weight is 599 g/mol. The summed E-state index contributed by atoms with van der Waals surface area (Å²) < 4.78 is 5.92. The number of hydrogen-bond acceptors (Lipinski definition) is 10. The molecule has 0 saturated heterocycles. The van der Waals surface area contributed by atoms with Crippen LogP contribution in [0.4, 0.5) is 0 Å². The summed E-state index contributed by atoms with van der Waals surface area (Å²) in [4.78, 5) is 40.4. The Morgan fingerprint density at radius 3 is 2.30 bits per heavy atom. The van der Waals surface area contributed by atoms with Crippen LogP contribution in [0.5, 0.6) is 0 Å². The summed E-state index contributed by atoms with van der Waals surface area (Å²) >= 11 is 0. The average Bonchev–Trinajstić information content (AvgIpc) is 2.91. The number of carboxylic acids is 1. The smallest absolute Gasteiger partial charge is 0.308 e. The van der Waals surface area contributed by atoms with E-state index in [1.54, 1.807) is 6.92 Å². The Morgan fingerprint density at radius 2 is 1.74 bits per heavy atom. The minimum atomic E-state index is -2.51. The van der Waals surface area contributed by atoms with Crippen molar-refractivity contribution in [2.75, 3.05) is 14.1 Å². The van der Waals surface area contributed by atoms with E-state index in [2.05, 4.69) is 6.58 Å². The first-order valence-electron chi connectivity index (χ1n) is 14.7. The Bertz CT molecular complexity index is 1340. The molecule has 2 bridgehead atoms. The Balaban J connectivity index is 1.75. The zero-order valence-electron chi connectivity index (χ0n) is 25.8. The number of benzene rings is 1. The highest BCUT2D eigenvalue weighted by Gasteiger charge is 2.69. The van der Waals surface area contributed by atoms with Gasteiger partial charge in [-0.2, -0.15) is 0 Å². The van der Waals surface area contributed by atoms with Crippen LogP contribution < -0.4 is 5.11 Å². The van der Waals surface area contributed by atoms with Gasteiger partial charge in [-0.05, 0) is 56.1 Å². The summed E-state index contributed by atoms with van der Waals surface area (Å²) in [5.74, 6) is -3.95. The molecule has 4 rings (SSSR count). The molecule has 0 spiro atoms. The van der Waals surface area contributed by atoms with E-state index in [1.165, 1.54) is 20.8 Å². The lowest BCUT2D eigenvalue weighted by atomic mass is 9.45. The summed E-state index contributed by atoms with van der Waals surface area (Å²) in [7, 11) is 3.71. The van der Waals surface area contributed by atoms with Gasteiger partial charge in [-0.15, -0.1) is 0 Å². The first-order chi connectivity index (χ1) is 19.8. The van der Waals surface area contributed by atoms with Crippen molar-refractivity contribution in [2.24, 2.45) is 16.7 Å². The third kappa shape index (κ3) is 5.17. The van der Waals surface area contributed by atoms with E-state index >= 15 is 0 Å². The van der Waals surface area contributed by atoms with Crippen LogP contribution in [-0.2, 0) is 19.1 Å². The number of fused-ring (bicyclic) bond motifs is 3. The first-order valence-corrected chi connectivity index (χ1v) is 14.7. The standard InChI is InChI=1S/C33H45NO9/c1-18-22(35)16-33(42)28(39)26-19(2)23(43-25(38)15-21(34(6)7)20-11-9-8-10-12-20)13-14-31(26,5)29(40)32(41,17-24(36)37)27(18)30(33,3)4/h8-12,21,23,26,28-29,39-42H,2,13-17H2,1,3-7H3,(H,36,37)/p-1/t21?,23-,26-,28-,29+,31+,32+,33+/m0/s1. The number of Topliss-reactive ketones (excluding diaryl/α,β-unsaturated/α-hetero) is 1. The highest BCUT2D eigenvalue weighted by molar-refractivity contribution is 5.98. The van der Waals surface area contributed by atoms with E-state index < -0.39 is 76.8 Å². The third-order valence-electron chi connectivity index (χ3n) is 10.6. The van der Waals surface area contributed by atoms with Gasteiger partial charge in [-0.3, -0.25) is 9.59 Å². The molecule has 0 aliphatic heterocycles. The zero-order chi connectivity index (χ0) is 32.3. The summed E-state index contributed by atoms with van der Waals surface area (Å²) in [6.45, 7) is 10.2. The van der Waals surface area contributed by atoms with Crippen molar-refractivity contribution in [3.05, 3.63) is 59.2 Å². The lowest BCUT2D eigenvalue weighted by Crippen LogP contribution is -2.72. The van der Waals surface area contributed by atoms with Crippen molar-refractivity contribution in [1.29, 1.82) is 0 Å². The van der Waals surface area contributed by atoms with Gasteiger partial charge in [0.15, 0.2) is 5.78 Å². The topological polar surface area (TPSA) is 168 Å². The third-order valence-corrected chi connectivity index (χ3v) is 10.6. The maximum absolute atomic E-state index is 13.3. The number of carboxylic acid groups (broad SMARTS) is 1. The van der Waals surface area contributed by atoms with E-state index in [0.717, 1.165) is 5.56 Å². The number of allylic oxidation sites excluding steroid dienone is 1. The lowest BCUT2D eigenvalue weighted by molar-refractivity contribution is -0.313. The van der Waals surface area contributed by atoms with Crippen molar-refractivity contribution in [2.45, 2.75) is 95.4 Å². The van der Waals surface area contributed by atoms with Gasteiger partial charge in [0.25, 0.3) is 0 Å². The molecule has 3 aliphatic carbocycles. The van der Waals surface area contributed by atoms with Gasteiger partial charge in [0.2, 0.25) is 0 Å². The molecule has 1 aromatic carbocycles. The second-order valence-corrected chi connectivity index (χ2v) is 13.6. The number of aliphatic hydroxyl groups excluding tert-OH is 2. The van der Waals surface area contributed by atoms with E-state index in [9.17, 15) is 39.9 Å². The van der Waals surface area contributed by atoms with Gasteiger partial charge in [-0.25, -0.2) is 0 Å². The van der Waals surface area contributed by atoms with Crippen molar-refractivity contribution in [3.8, 4) is 0 Å². The largest absolute Gasteiger partial charge is 0.550 e. The molecule has 4 N–H and O–H groups in total. The van der Waals surface area contributed by atoms with E-state index in [1.807, 2.05) is 49.3 Å². The maximum Gasteiger partial charge on any atom is 0.308 e. The van der Waals surface area contributed by atoms with Crippen LogP contribution in [0.15, 0.2) is 53.6 Å². The summed E-state index contributed by atoms with van der Waals surface area (Å²) in [5, 5.41) is 60.2. The molecule has 0 amide bonds. The van der Waals surface area contributed by atoms with E-state index in [-0.39, 0.29) is 42.0 Å². The minimum Gasteiger partial charge on any atom is -0.550 e. The number of nitrogens with zero attached hydrogens (tertiary/aromatic N) is 1. The molecule has 10 nitrogen and oxygen atoms in total. The maximum atomic E-state index is 13.3. The molecule has 43 heavy (non-hydrogen) atoms. The van der Waals surface area contributed by atoms with Gasteiger partial charge in [-0.1, -0.05) is 57.7 Å². The Morgan fingerprint density at radius 1 is 1.14 bits per heavy atom. The van der Waals surface area contributed by atoms with Crippen molar-refractivity contribution in [3.63, 3.8) is 0 Å². The minimum absolute atomic E-state index is 0.0260. The fraction of sp³-hybridized carbons (Fsp3) is 0.606. The molecule has 0 radical (unpaired) electrons. The SMILES string of the molecule is C=C1[C@@H](OC(=O)CC(c2ccccc2)N(C)C)CC[C@@]2(C)[C@@H](O)[C@@](O)(CC(=O)[O-])C3=C(C)C(=O)C[C@@](O)([C@@H](O)[C@H]12)C3(C)C.